The molecule has 0 saturated carbocycles. The number of ether oxygens (including phenoxy) is 1. The van der Waals surface area contributed by atoms with Crippen molar-refractivity contribution in [2.45, 2.75) is 11.8 Å². The normalized spacial score (nSPS) is 16.0. The second-order valence-electron chi connectivity index (χ2n) is 6.82. The van der Waals surface area contributed by atoms with E-state index in [1.165, 1.54) is 6.92 Å². The second kappa shape index (κ2) is 8.16. The van der Waals surface area contributed by atoms with Crippen molar-refractivity contribution in [2.75, 3.05) is 29.1 Å². The molecule has 2 aromatic carbocycles. The number of ketones is 1. The third-order valence-corrected chi connectivity index (χ3v) is 6.93. The lowest BCUT2D eigenvalue weighted by atomic mass is 10.1. The lowest BCUT2D eigenvalue weighted by Gasteiger charge is -2.22. The topological polar surface area (TPSA) is 122 Å². The van der Waals surface area contributed by atoms with Crippen LogP contribution in [0.25, 0.3) is 0 Å². The molecule has 0 aromatic heterocycles. The fourth-order valence-corrected chi connectivity index (χ4v) is 5.45. The molecule has 0 saturated heterocycles. The van der Waals surface area contributed by atoms with E-state index in [1.54, 1.807) is 47.4 Å². The van der Waals surface area contributed by atoms with Crippen LogP contribution in [0.5, 0.6) is 0 Å². The van der Waals surface area contributed by atoms with Gasteiger partial charge in [-0.25, -0.2) is 13.2 Å². The molecule has 2 aliphatic rings. The van der Waals surface area contributed by atoms with Gasteiger partial charge < -0.3 is 15.0 Å². The van der Waals surface area contributed by atoms with Gasteiger partial charge in [0.2, 0.25) is 0 Å². The summed E-state index contributed by atoms with van der Waals surface area (Å²) in [4.78, 5) is 38.7. The van der Waals surface area contributed by atoms with Gasteiger partial charge in [0.1, 0.15) is 0 Å². The maximum Gasteiger partial charge on any atom is 0.338 e. The molecule has 2 aromatic rings. The average Bonchev–Trinajstić information content (AvgIpc) is 3.07. The van der Waals surface area contributed by atoms with Gasteiger partial charge in [0, 0.05) is 17.0 Å². The van der Waals surface area contributed by atoms with Crippen molar-refractivity contribution in [3.63, 3.8) is 0 Å². The Labute approximate surface area is 182 Å². The van der Waals surface area contributed by atoms with Crippen molar-refractivity contribution in [2.24, 2.45) is 4.40 Å². The highest BCUT2D eigenvalue weighted by atomic mass is 32.2. The van der Waals surface area contributed by atoms with Crippen LogP contribution in [0.3, 0.4) is 0 Å². The Balaban J connectivity index is 1.41. The molecule has 4 rings (SSSR count). The number of sulfonamides is 1. The Hall–Kier alpha value is -3.18. The molecule has 11 heteroatoms. The third-order valence-electron chi connectivity index (χ3n) is 4.62. The highest BCUT2D eigenvalue weighted by Crippen LogP contribution is 2.42. The first-order valence-electron chi connectivity index (χ1n) is 9.22. The summed E-state index contributed by atoms with van der Waals surface area (Å²) in [5.74, 6) is -1.54. The minimum atomic E-state index is -3.47. The van der Waals surface area contributed by atoms with Crippen LogP contribution in [0.4, 0.5) is 11.4 Å². The lowest BCUT2D eigenvalue weighted by molar-refractivity contribution is -0.119. The molecular weight excluding hydrogens is 442 g/mol. The molecule has 0 unspecified atom stereocenters. The van der Waals surface area contributed by atoms with E-state index < -0.39 is 28.5 Å². The summed E-state index contributed by atoms with van der Waals surface area (Å²) >= 11 is 1.16. The Morgan fingerprint density at radius 1 is 1.19 bits per heavy atom. The average molecular weight is 460 g/mol. The molecule has 0 radical (unpaired) electrons. The van der Waals surface area contributed by atoms with E-state index in [0.717, 1.165) is 17.4 Å². The zero-order valence-electron chi connectivity index (χ0n) is 16.3. The SMILES string of the molecule is CC(=O)c1ccccc1NC(=O)COC(=O)c1ccc2c(c1)SC1=NS(=O)(=O)CCN12. The van der Waals surface area contributed by atoms with Gasteiger partial charge >= 0.3 is 5.97 Å². The van der Waals surface area contributed by atoms with Crippen molar-refractivity contribution < 1.29 is 27.5 Å². The molecule has 0 bridgehead atoms. The molecule has 2 heterocycles. The number of rotatable bonds is 5. The number of nitrogens with zero attached hydrogens (tertiary/aromatic N) is 2. The number of carbonyl (C=O) groups is 3. The van der Waals surface area contributed by atoms with Gasteiger partial charge in [0.05, 0.1) is 22.7 Å². The molecule has 1 N–H and O–H groups in total. The van der Waals surface area contributed by atoms with E-state index in [4.69, 9.17) is 4.74 Å². The molecule has 0 spiro atoms. The smallest absolute Gasteiger partial charge is 0.338 e. The van der Waals surface area contributed by atoms with E-state index in [2.05, 4.69) is 9.71 Å². The maximum atomic E-state index is 12.4. The Morgan fingerprint density at radius 3 is 2.74 bits per heavy atom. The summed E-state index contributed by atoms with van der Waals surface area (Å²) in [5, 5.41) is 2.92. The predicted molar refractivity (Wildman–Crippen MR) is 116 cm³/mol. The number of carbonyl (C=O) groups excluding carboxylic acids is 3. The number of hydrogen-bond acceptors (Lipinski definition) is 8. The molecule has 31 heavy (non-hydrogen) atoms. The molecule has 0 atom stereocenters. The van der Waals surface area contributed by atoms with Crippen LogP contribution >= 0.6 is 11.8 Å². The van der Waals surface area contributed by atoms with Crippen molar-refractivity contribution >= 4 is 56.0 Å². The Morgan fingerprint density at radius 2 is 1.97 bits per heavy atom. The van der Waals surface area contributed by atoms with Crippen LogP contribution in [0.2, 0.25) is 0 Å². The van der Waals surface area contributed by atoms with E-state index in [-0.39, 0.29) is 17.1 Å². The Bertz CT molecular complexity index is 1240. The number of amides is 1. The van der Waals surface area contributed by atoms with Gasteiger partial charge in [-0.2, -0.15) is 0 Å². The number of fused-ring (bicyclic) bond motifs is 3. The number of esters is 1. The standard InChI is InChI=1S/C20H17N3O6S2/c1-12(24)14-4-2-3-5-15(14)21-18(25)11-29-19(26)13-6-7-16-17(10-13)30-20-22-31(27,28)9-8-23(16)20/h2-7,10H,8-9,11H2,1H3,(H,21,25). The molecular formula is C20H17N3O6S2. The van der Waals surface area contributed by atoms with Crippen molar-refractivity contribution in [1.29, 1.82) is 0 Å². The summed E-state index contributed by atoms with van der Waals surface area (Å²) < 4.78 is 32.3. The van der Waals surface area contributed by atoms with E-state index >= 15 is 0 Å². The molecule has 1 amide bonds. The Kier molecular flexibility index (Phi) is 5.54. The maximum absolute atomic E-state index is 12.4. The lowest BCUT2D eigenvalue weighted by Crippen LogP contribution is -2.35. The largest absolute Gasteiger partial charge is 0.452 e. The minimum absolute atomic E-state index is 0.0673. The number of nitrogens with one attached hydrogen (secondary N) is 1. The van der Waals surface area contributed by atoms with Gasteiger partial charge in [-0.1, -0.05) is 12.1 Å². The summed E-state index contributed by atoms with van der Waals surface area (Å²) in [5.41, 5.74) is 1.71. The monoisotopic (exact) mass is 459 g/mol. The zero-order valence-corrected chi connectivity index (χ0v) is 18.0. The van der Waals surface area contributed by atoms with Gasteiger partial charge in [-0.15, -0.1) is 4.40 Å². The third kappa shape index (κ3) is 4.47. The van der Waals surface area contributed by atoms with Crippen molar-refractivity contribution in [1.82, 2.24) is 0 Å². The van der Waals surface area contributed by atoms with Gasteiger partial charge in [0.15, 0.2) is 17.6 Å². The number of para-hydroxylation sites is 1. The number of Topliss-reactive ketones (excluding diaryl/α,β-unsaturated/α-hetero) is 1. The number of anilines is 2. The molecule has 9 nitrogen and oxygen atoms in total. The fraction of sp³-hybridized carbons (Fsp3) is 0.200. The highest BCUT2D eigenvalue weighted by Gasteiger charge is 2.33. The number of hydrogen-bond donors (Lipinski definition) is 1. The molecule has 0 aliphatic carbocycles. The van der Waals surface area contributed by atoms with E-state index in [9.17, 15) is 22.8 Å². The van der Waals surface area contributed by atoms with Crippen molar-refractivity contribution in [3.05, 3.63) is 53.6 Å². The van der Waals surface area contributed by atoms with Crippen LogP contribution < -0.4 is 10.2 Å². The summed E-state index contributed by atoms with van der Waals surface area (Å²) in [6.07, 6.45) is 0. The van der Waals surface area contributed by atoms with Gasteiger partial charge in [0.25, 0.3) is 15.9 Å². The van der Waals surface area contributed by atoms with Crippen LogP contribution in [0, 0.1) is 0 Å². The van der Waals surface area contributed by atoms with Crippen molar-refractivity contribution in [3.8, 4) is 0 Å². The van der Waals surface area contributed by atoms with Gasteiger partial charge in [-0.05, 0) is 49.0 Å². The summed E-state index contributed by atoms with van der Waals surface area (Å²) in [7, 11) is -3.47. The second-order valence-corrected chi connectivity index (χ2v) is 9.59. The van der Waals surface area contributed by atoms with Crippen LogP contribution in [-0.2, 0) is 19.6 Å². The first kappa shape index (κ1) is 21.1. The zero-order chi connectivity index (χ0) is 22.2. The number of amidine groups is 1. The molecule has 2 aliphatic heterocycles. The number of benzene rings is 2. The van der Waals surface area contributed by atoms with E-state index in [0.29, 0.717) is 27.9 Å². The first-order valence-corrected chi connectivity index (χ1v) is 11.6. The quantitative estimate of drug-likeness (QED) is 0.534. The summed E-state index contributed by atoms with van der Waals surface area (Å²) in [6, 6.07) is 11.4. The minimum Gasteiger partial charge on any atom is -0.452 e. The molecule has 160 valence electrons. The molecule has 0 fully saturated rings. The number of thioether (sulfide) groups is 1. The first-order chi connectivity index (χ1) is 14.7. The van der Waals surface area contributed by atoms with Crippen LogP contribution in [-0.4, -0.2) is 50.1 Å². The van der Waals surface area contributed by atoms with Crippen LogP contribution in [0.15, 0.2) is 51.8 Å². The van der Waals surface area contributed by atoms with E-state index in [1.807, 2.05) is 0 Å². The van der Waals surface area contributed by atoms with Crippen LogP contribution in [0.1, 0.15) is 27.6 Å². The predicted octanol–water partition coefficient (Wildman–Crippen LogP) is 2.30. The summed E-state index contributed by atoms with van der Waals surface area (Å²) in [6.45, 7) is 1.17. The van der Waals surface area contributed by atoms with Gasteiger partial charge in [-0.3, -0.25) is 9.59 Å². The highest BCUT2D eigenvalue weighted by molar-refractivity contribution is 8.15. The fourth-order valence-electron chi connectivity index (χ4n) is 3.16.